The number of hydrogen-bond acceptors (Lipinski definition) is 5. The second kappa shape index (κ2) is 5.00. The molecule has 2 aromatic rings. The second-order valence-electron chi connectivity index (χ2n) is 5.09. The van der Waals surface area contributed by atoms with Crippen molar-refractivity contribution in [3.63, 3.8) is 0 Å². The monoisotopic (exact) mass is 263 g/mol. The second-order valence-corrected chi connectivity index (χ2v) is 5.09. The first kappa shape index (κ1) is 12.2. The number of H-pyrrole nitrogens is 1. The van der Waals surface area contributed by atoms with Gasteiger partial charge in [0, 0.05) is 12.6 Å². The van der Waals surface area contributed by atoms with Crippen LogP contribution in [0.5, 0.6) is 0 Å². The third kappa shape index (κ3) is 2.60. The first-order valence-corrected chi connectivity index (χ1v) is 6.57. The van der Waals surface area contributed by atoms with E-state index in [2.05, 4.69) is 20.5 Å². The number of hydrogen-bond donors (Lipinski definition) is 3. The van der Waals surface area contributed by atoms with Crippen LogP contribution in [0.3, 0.4) is 0 Å². The molecule has 0 amide bonds. The van der Waals surface area contributed by atoms with Gasteiger partial charge in [-0.1, -0.05) is 0 Å². The van der Waals surface area contributed by atoms with Gasteiger partial charge in [0.15, 0.2) is 5.65 Å². The third-order valence-corrected chi connectivity index (χ3v) is 3.70. The van der Waals surface area contributed by atoms with Crippen molar-refractivity contribution in [2.45, 2.75) is 31.8 Å². The Morgan fingerprint density at radius 1 is 1.42 bits per heavy atom. The molecule has 0 spiro atoms. The van der Waals surface area contributed by atoms with Gasteiger partial charge in [-0.15, -0.1) is 0 Å². The van der Waals surface area contributed by atoms with E-state index < -0.39 is 0 Å². The van der Waals surface area contributed by atoms with Crippen LogP contribution in [-0.2, 0) is 0 Å². The predicted molar refractivity (Wildman–Crippen MR) is 70.1 cm³/mol. The molecule has 7 heteroatoms. The lowest BCUT2D eigenvalue weighted by molar-refractivity contribution is 0.111. The van der Waals surface area contributed by atoms with Gasteiger partial charge in [0.25, 0.3) is 0 Å². The molecule has 1 fully saturated rings. The predicted octanol–water partition coefficient (Wildman–Crippen LogP) is 0.381. The zero-order chi connectivity index (χ0) is 13.2. The summed E-state index contributed by atoms with van der Waals surface area (Å²) < 4.78 is 1.36. The molecule has 0 aliphatic heterocycles. The summed E-state index contributed by atoms with van der Waals surface area (Å²) in [5, 5.41) is 19.0. The first-order valence-electron chi connectivity index (χ1n) is 6.57. The molecule has 1 aliphatic carbocycles. The van der Waals surface area contributed by atoms with Gasteiger partial charge in [0.1, 0.15) is 12.1 Å². The van der Waals surface area contributed by atoms with Crippen LogP contribution in [0.2, 0.25) is 0 Å². The van der Waals surface area contributed by atoms with Crippen molar-refractivity contribution in [3.05, 3.63) is 22.9 Å². The molecular weight excluding hydrogens is 246 g/mol. The highest BCUT2D eigenvalue weighted by molar-refractivity contribution is 5.48. The maximum atomic E-state index is 11.3. The molecule has 1 aliphatic rings. The van der Waals surface area contributed by atoms with E-state index in [0.29, 0.717) is 11.6 Å². The van der Waals surface area contributed by atoms with Crippen molar-refractivity contribution in [2.24, 2.45) is 5.92 Å². The SMILES string of the molecule is O=c1[nH]nc2cc(NCC3CCC(O)CC3)ncn12. The largest absolute Gasteiger partial charge is 0.393 e. The minimum atomic E-state index is -0.282. The van der Waals surface area contributed by atoms with Gasteiger partial charge < -0.3 is 10.4 Å². The highest BCUT2D eigenvalue weighted by Crippen LogP contribution is 2.24. The summed E-state index contributed by atoms with van der Waals surface area (Å²) in [6, 6.07) is 1.75. The lowest BCUT2D eigenvalue weighted by Crippen LogP contribution is -2.23. The molecule has 7 nitrogen and oxygen atoms in total. The number of nitrogens with zero attached hydrogens (tertiary/aromatic N) is 3. The fourth-order valence-electron chi connectivity index (χ4n) is 2.50. The molecule has 0 unspecified atom stereocenters. The highest BCUT2D eigenvalue weighted by Gasteiger charge is 2.19. The number of aliphatic hydroxyl groups is 1. The Morgan fingerprint density at radius 2 is 2.21 bits per heavy atom. The summed E-state index contributed by atoms with van der Waals surface area (Å²) in [6.45, 7) is 0.838. The van der Waals surface area contributed by atoms with Gasteiger partial charge in [-0.05, 0) is 31.6 Å². The molecular formula is C12H17N5O2. The van der Waals surface area contributed by atoms with Crippen molar-refractivity contribution < 1.29 is 5.11 Å². The van der Waals surface area contributed by atoms with E-state index >= 15 is 0 Å². The Bertz CT molecular complexity index is 612. The van der Waals surface area contributed by atoms with Crippen LogP contribution in [0, 0.1) is 5.92 Å². The number of nitrogens with one attached hydrogen (secondary N) is 2. The quantitative estimate of drug-likeness (QED) is 0.744. The smallest absolute Gasteiger partial charge is 0.348 e. The molecule has 0 saturated heterocycles. The highest BCUT2D eigenvalue weighted by atomic mass is 16.3. The van der Waals surface area contributed by atoms with Crippen LogP contribution in [0.1, 0.15) is 25.7 Å². The summed E-state index contributed by atoms with van der Waals surface area (Å²) in [7, 11) is 0. The first-order chi connectivity index (χ1) is 9.22. The number of anilines is 1. The molecule has 0 atom stereocenters. The maximum Gasteiger partial charge on any atom is 0.348 e. The third-order valence-electron chi connectivity index (χ3n) is 3.70. The summed E-state index contributed by atoms with van der Waals surface area (Å²) in [5.74, 6) is 1.29. The van der Waals surface area contributed by atoms with Crippen LogP contribution in [0.4, 0.5) is 5.82 Å². The van der Waals surface area contributed by atoms with Gasteiger partial charge in [0.2, 0.25) is 0 Å². The van der Waals surface area contributed by atoms with Crippen LogP contribution >= 0.6 is 0 Å². The number of aliphatic hydroxyl groups excluding tert-OH is 1. The summed E-state index contributed by atoms with van der Waals surface area (Å²) in [6.07, 6.45) is 5.19. The zero-order valence-electron chi connectivity index (χ0n) is 10.5. The molecule has 3 N–H and O–H groups in total. The molecule has 1 saturated carbocycles. The number of rotatable bonds is 3. The standard InChI is InChI=1S/C12H17N5O2/c18-9-3-1-8(2-4-9)6-13-10-5-11-15-16-12(19)17(11)7-14-10/h5,7-9,13,18H,1-4,6H2,(H,16,19). The Kier molecular flexibility index (Phi) is 3.20. The van der Waals surface area contributed by atoms with E-state index in [9.17, 15) is 9.90 Å². The van der Waals surface area contributed by atoms with Crippen LogP contribution < -0.4 is 11.0 Å². The number of aromatic nitrogens is 4. The molecule has 0 aromatic carbocycles. The summed E-state index contributed by atoms with van der Waals surface area (Å²) in [5.41, 5.74) is 0.275. The minimum absolute atomic E-state index is 0.123. The molecule has 2 aromatic heterocycles. The lowest BCUT2D eigenvalue weighted by atomic mass is 9.87. The average molecular weight is 263 g/mol. The van der Waals surface area contributed by atoms with E-state index in [4.69, 9.17) is 0 Å². The summed E-state index contributed by atoms with van der Waals surface area (Å²) >= 11 is 0. The fraction of sp³-hybridized carbons (Fsp3) is 0.583. The van der Waals surface area contributed by atoms with Gasteiger partial charge in [-0.25, -0.2) is 19.3 Å². The van der Waals surface area contributed by atoms with Crippen LogP contribution in [0.15, 0.2) is 17.2 Å². The van der Waals surface area contributed by atoms with E-state index in [1.807, 2.05) is 0 Å². The molecule has 19 heavy (non-hydrogen) atoms. The van der Waals surface area contributed by atoms with E-state index in [-0.39, 0.29) is 11.8 Å². The molecule has 2 heterocycles. The normalized spacial score (nSPS) is 23.6. The maximum absolute atomic E-state index is 11.3. The van der Waals surface area contributed by atoms with Crippen molar-refractivity contribution in [2.75, 3.05) is 11.9 Å². The number of aromatic amines is 1. The van der Waals surface area contributed by atoms with Gasteiger partial charge in [-0.2, -0.15) is 5.10 Å². The Hall–Kier alpha value is -1.89. The van der Waals surface area contributed by atoms with E-state index in [1.165, 1.54) is 10.7 Å². The summed E-state index contributed by atoms with van der Waals surface area (Å²) in [4.78, 5) is 15.5. The van der Waals surface area contributed by atoms with Crippen molar-refractivity contribution >= 4 is 11.5 Å². The van der Waals surface area contributed by atoms with Gasteiger partial charge in [0.05, 0.1) is 6.10 Å². The van der Waals surface area contributed by atoms with Gasteiger partial charge >= 0.3 is 5.69 Å². The lowest BCUT2D eigenvalue weighted by Gasteiger charge is -2.25. The zero-order valence-corrected chi connectivity index (χ0v) is 10.5. The Morgan fingerprint density at radius 3 is 3.00 bits per heavy atom. The molecule has 0 radical (unpaired) electrons. The topological polar surface area (TPSA) is 95.3 Å². The van der Waals surface area contributed by atoms with Crippen molar-refractivity contribution in [1.29, 1.82) is 0 Å². The van der Waals surface area contributed by atoms with Crippen LogP contribution in [-0.4, -0.2) is 37.3 Å². The molecule has 0 bridgehead atoms. The minimum Gasteiger partial charge on any atom is -0.393 e. The molecule has 102 valence electrons. The number of fused-ring (bicyclic) bond motifs is 1. The fourth-order valence-corrected chi connectivity index (χ4v) is 2.50. The van der Waals surface area contributed by atoms with Crippen molar-refractivity contribution in [1.82, 2.24) is 19.6 Å². The van der Waals surface area contributed by atoms with Gasteiger partial charge in [-0.3, -0.25) is 0 Å². The Balaban J connectivity index is 1.63. The van der Waals surface area contributed by atoms with E-state index in [0.717, 1.165) is 38.0 Å². The van der Waals surface area contributed by atoms with E-state index in [1.54, 1.807) is 6.07 Å². The van der Waals surface area contributed by atoms with Crippen LogP contribution in [0.25, 0.3) is 5.65 Å². The average Bonchev–Trinajstić information content (AvgIpc) is 2.79. The molecule has 3 rings (SSSR count). The Labute approximate surface area is 109 Å². The van der Waals surface area contributed by atoms with Crippen molar-refractivity contribution in [3.8, 4) is 0 Å².